The van der Waals surface area contributed by atoms with Crippen LogP contribution in [0.25, 0.3) is 0 Å². The van der Waals surface area contributed by atoms with E-state index in [4.69, 9.17) is 12.2 Å². The van der Waals surface area contributed by atoms with Crippen molar-refractivity contribution in [1.29, 1.82) is 0 Å². The SMILES string of the molecule is CC(C)CNC(=S)Nc1cccc(C(=O)NCc2ccccc2)c1. The van der Waals surface area contributed by atoms with Crippen molar-refractivity contribution in [2.45, 2.75) is 20.4 Å². The zero-order valence-electron chi connectivity index (χ0n) is 14.0. The molecular weight excluding hydrogens is 318 g/mol. The third-order valence-electron chi connectivity index (χ3n) is 3.35. The molecule has 4 nitrogen and oxygen atoms in total. The van der Waals surface area contributed by atoms with Crippen LogP contribution in [0.2, 0.25) is 0 Å². The van der Waals surface area contributed by atoms with Crippen molar-refractivity contribution in [2.75, 3.05) is 11.9 Å². The van der Waals surface area contributed by atoms with Gasteiger partial charge < -0.3 is 16.0 Å². The van der Waals surface area contributed by atoms with Gasteiger partial charge in [-0.15, -0.1) is 0 Å². The normalized spacial score (nSPS) is 10.3. The van der Waals surface area contributed by atoms with Gasteiger partial charge in [0.2, 0.25) is 0 Å². The van der Waals surface area contributed by atoms with E-state index < -0.39 is 0 Å². The quantitative estimate of drug-likeness (QED) is 0.703. The molecule has 0 aromatic heterocycles. The summed E-state index contributed by atoms with van der Waals surface area (Å²) in [6, 6.07) is 17.1. The summed E-state index contributed by atoms with van der Waals surface area (Å²) in [6.45, 7) is 5.55. The maximum absolute atomic E-state index is 12.3. The maximum Gasteiger partial charge on any atom is 0.251 e. The molecule has 0 heterocycles. The molecule has 0 bridgehead atoms. The second kappa shape index (κ2) is 9.03. The first kappa shape index (κ1) is 17.9. The number of nitrogens with one attached hydrogen (secondary N) is 3. The molecule has 1 amide bonds. The fourth-order valence-electron chi connectivity index (χ4n) is 2.09. The summed E-state index contributed by atoms with van der Waals surface area (Å²) in [5, 5.41) is 9.73. The Kier molecular flexibility index (Phi) is 6.75. The predicted molar refractivity (Wildman–Crippen MR) is 103 cm³/mol. The van der Waals surface area contributed by atoms with Crippen molar-refractivity contribution in [2.24, 2.45) is 5.92 Å². The first-order valence-corrected chi connectivity index (χ1v) is 8.42. The van der Waals surface area contributed by atoms with E-state index in [9.17, 15) is 4.79 Å². The number of carbonyl (C=O) groups is 1. The fourth-order valence-corrected chi connectivity index (χ4v) is 2.29. The van der Waals surface area contributed by atoms with Crippen LogP contribution in [0.4, 0.5) is 5.69 Å². The predicted octanol–water partition coefficient (Wildman–Crippen LogP) is 3.56. The number of carbonyl (C=O) groups excluding carboxylic acids is 1. The summed E-state index contributed by atoms with van der Waals surface area (Å²) in [6.07, 6.45) is 0. The highest BCUT2D eigenvalue weighted by Gasteiger charge is 2.07. The Morgan fingerprint density at radius 3 is 2.50 bits per heavy atom. The number of hydrogen-bond acceptors (Lipinski definition) is 2. The first-order valence-electron chi connectivity index (χ1n) is 8.01. The highest BCUT2D eigenvalue weighted by Crippen LogP contribution is 2.11. The van der Waals surface area contributed by atoms with Gasteiger partial charge in [-0.2, -0.15) is 0 Å². The van der Waals surface area contributed by atoms with Gasteiger partial charge in [-0.05, 0) is 41.9 Å². The summed E-state index contributed by atoms with van der Waals surface area (Å²) >= 11 is 5.26. The van der Waals surface area contributed by atoms with E-state index in [1.54, 1.807) is 12.1 Å². The maximum atomic E-state index is 12.3. The Morgan fingerprint density at radius 1 is 1.04 bits per heavy atom. The van der Waals surface area contributed by atoms with E-state index in [0.29, 0.717) is 23.1 Å². The molecule has 0 radical (unpaired) electrons. The second-order valence-corrected chi connectivity index (χ2v) is 6.39. The number of amides is 1. The zero-order valence-corrected chi connectivity index (χ0v) is 14.8. The Labute approximate surface area is 148 Å². The molecule has 126 valence electrons. The Balaban J connectivity index is 1.91. The minimum Gasteiger partial charge on any atom is -0.362 e. The van der Waals surface area contributed by atoms with Crippen LogP contribution in [0.3, 0.4) is 0 Å². The molecule has 0 atom stereocenters. The molecule has 0 fully saturated rings. The van der Waals surface area contributed by atoms with E-state index in [2.05, 4.69) is 29.8 Å². The van der Waals surface area contributed by atoms with Crippen molar-refractivity contribution < 1.29 is 4.79 Å². The van der Waals surface area contributed by atoms with E-state index >= 15 is 0 Å². The highest BCUT2D eigenvalue weighted by atomic mass is 32.1. The lowest BCUT2D eigenvalue weighted by Gasteiger charge is -2.13. The molecular formula is C19H23N3OS. The molecule has 2 aromatic rings. The zero-order chi connectivity index (χ0) is 17.4. The Bertz CT molecular complexity index is 686. The van der Waals surface area contributed by atoms with Crippen molar-refractivity contribution >= 4 is 28.9 Å². The van der Waals surface area contributed by atoms with Gasteiger partial charge in [0.05, 0.1) is 0 Å². The number of thiocarbonyl (C=S) groups is 1. The molecule has 0 unspecified atom stereocenters. The van der Waals surface area contributed by atoms with Crippen molar-refractivity contribution in [3.05, 3.63) is 65.7 Å². The third-order valence-corrected chi connectivity index (χ3v) is 3.60. The molecule has 5 heteroatoms. The van der Waals surface area contributed by atoms with Crippen molar-refractivity contribution in [3.8, 4) is 0 Å². The molecule has 2 aromatic carbocycles. The van der Waals surface area contributed by atoms with Crippen LogP contribution in [0.15, 0.2) is 54.6 Å². The topological polar surface area (TPSA) is 53.2 Å². The molecule has 24 heavy (non-hydrogen) atoms. The summed E-state index contributed by atoms with van der Waals surface area (Å²) in [5.41, 5.74) is 2.46. The van der Waals surface area contributed by atoms with Gasteiger partial charge in [-0.25, -0.2) is 0 Å². The Morgan fingerprint density at radius 2 is 1.79 bits per heavy atom. The molecule has 0 aliphatic rings. The number of hydrogen-bond donors (Lipinski definition) is 3. The van der Waals surface area contributed by atoms with E-state index in [1.807, 2.05) is 42.5 Å². The van der Waals surface area contributed by atoms with Crippen LogP contribution in [-0.4, -0.2) is 17.6 Å². The monoisotopic (exact) mass is 341 g/mol. The molecule has 0 spiro atoms. The minimum atomic E-state index is -0.108. The van der Waals surface area contributed by atoms with Crippen molar-refractivity contribution in [3.63, 3.8) is 0 Å². The summed E-state index contributed by atoms with van der Waals surface area (Å²) in [5.74, 6) is 0.406. The summed E-state index contributed by atoms with van der Waals surface area (Å²) in [7, 11) is 0. The van der Waals surface area contributed by atoms with Crippen LogP contribution in [-0.2, 0) is 6.54 Å². The van der Waals surface area contributed by atoms with Crippen LogP contribution in [0.5, 0.6) is 0 Å². The highest BCUT2D eigenvalue weighted by molar-refractivity contribution is 7.80. The Hall–Kier alpha value is -2.40. The smallest absolute Gasteiger partial charge is 0.251 e. The van der Waals surface area contributed by atoms with Crippen LogP contribution in [0.1, 0.15) is 29.8 Å². The first-order chi connectivity index (χ1) is 11.5. The van der Waals surface area contributed by atoms with Crippen LogP contribution in [0, 0.1) is 5.92 Å². The molecule has 0 saturated carbocycles. The standard InChI is InChI=1S/C19H23N3OS/c1-14(2)12-21-19(24)22-17-10-6-9-16(11-17)18(23)20-13-15-7-4-3-5-8-15/h3-11,14H,12-13H2,1-2H3,(H,20,23)(H2,21,22,24). The van der Waals surface area contributed by atoms with Gasteiger partial charge in [0.25, 0.3) is 5.91 Å². The average Bonchev–Trinajstić information content (AvgIpc) is 2.59. The van der Waals surface area contributed by atoms with Gasteiger partial charge in [0.15, 0.2) is 5.11 Å². The van der Waals surface area contributed by atoms with Gasteiger partial charge in [0.1, 0.15) is 0 Å². The van der Waals surface area contributed by atoms with E-state index in [0.717, 1.165) is 17.8 Å². The molecule has 0 saturated heterocycles. The van der Waals surface area contributed by atoms with Gasteiger partial charge in [-0.3, -0.25) is 4.79 Å². The fraction of sp³-hybridized carbons (Fsp3) is 0.263. The van der Waals surface area contributed by atoms with Crippen LogP contribution >= 0.6 is 12.2 Å². The lowest BCUT2D eigenvalue weighted by Crippen LogP contribution is -2.31. The number of anilines is 1. The molecule has 0 aliphatic carbocycles. The molecule has 0 aliphatic heterocycles. The number of benzene rings is 2. The second-order valence-electron chi connectivity index (χ2n) is 5.98. The van der Waals surface area contributed by atoms with Gasteiger partial charge in [0, 0.05) is 24.3 Å². The molecule has 2 rings (SSSR count). The van der Waals surface area contributed by atoms with Crippen LogP contribution < -0.4 is 16.0 Å². The summed E-state index contributed by atoms with van der Waals surface area (Å²) < 4.78 is 0. The average molecular weight is 341 g/mol. The largest absolute Gasteiger partial charge is 0.362 e. The lowest BCUT2D eigenvalue weighted by molar-refractivity contribution is 0.0951. The third kappa shape index (κ3) is 6.01. The van der Waals surface area contributed by atoms with Crippen molar-refractivity contribution in [1.82, 2.24) is 10.6 Å². The number of rotatable bonds is 6. The van der Waals surface area contributed by atoms with Gasteiger partial charge in [-0.1, -0.05) is 50.2 Å². The van der Waals surface area contributed by atoms with Gasteiger partial charge >= 0.3 is 0 Å². The minimum absolute atomic E-state index is 0.108. The summed E-state index contributed by atoms with van der Waals surface area (Å²) in [4.78, 5) is 12.3. The lowest BCUT2D eigenvalue weighted by atomic mass is 10.1. The van der Waals surface area contributed by atoms with E-state index in [1.165, 1.54) is 0 Å². The molecule has 3 N–H and O–H groups in total. The van der Waals surface area contributed by atoms with E-state index in [-0.39, 0.29) is 5.91 Å².